The van der Waals surface area contributed by atoms with Crippen LogP contribution in [0, 0.1) is 0 Å². The molecule has 0 bridgehead atoms. The van der Waals surface area contributed by atoms with E-state index in [0.29, 0.717) is 11.6 Å². The zero-order chi connectivity index (χ0) is 13.5. The van der Waals surface area contributed by atoms with Gasteiger partial charge >= 0.3 is 0 Å². The minimum absolute atomic E-state index is 0.369. The maximum Gasteiger partial charge on any atom is 0.261 e. The van der Waals surface area contributed by atoms with Crippen molar-refractivity contribution in [2.75, 3.05) is 14.2 Å². The first-order chi connectivity index (χ1) is 9.35. The maximum atomic E-state index is 5.82. The molecule has 19 heavy (non-hydrogen) atoms. The van der Waals surface area contributed by atoms with Crippen molar-refractivity contribution < 1.29 is 14.3 Å². The SMILES string of the molecule is CO/N=C(\OC)c1ccccc1Oc1ccccc1. The number of nitrogens with zero attached hydrogens (tertiary/aromatic N) is 1. The van der Waals surface area contributed by atoms with Crippen molar-refractivity contribution in [1.29, 1.82) is 0 Å². The van der Waals surface area contributed by atoms with Crippen LogP contribution >= 0.6 is 0 Å². The Morgan fingerprint density at radius 2 is 1.58 bits per heavy atom. The van der Waals surface area contributed by atoms with Crippen molar-refractivity contribution in [2.45, 2.75) is 0 Å². The first-order valence-electron chi connectivity index (χ1n) is 5.82. The van der Waals surface area contributed by atoms with Crippen LogP contribution in [0.15, 0.2) is 59.8 Å². The quantitative estimate of drug-likeness (QED) is 0.478. The van der Waals surface area contributed by atoms with Gasteiger partial charge in [0.2, 0.25) is 0 Å². The summed E-state index contributed by atoms with van der Waals surface area (Å²) in [6.45, 7) is 0. The highest BCUT2D eigenvalue weighted by molar-refractivity contribution is 5.96. The first kappa shape index (κ1) is 13.0. The molecule has 4 heteroatoms. The van der Waals surface area contributed by atoms with Crippen molar-refractivity contribution in [3.63, 3.8) is 0 Å². The van der Waals surface area contributed by atoms with E-state index in [1.165, 1.54) is 14.2 Å². The van der Waals surface area contributed by atoms with E-state index in [9.17, 15) is 0 Å². The molecule has 98 valence electrons. The summed E-state index contributed by atoms with van der Waals surface area (Å²) in [5.41, 5.74) is 0.732. The number of oxime groups is 1. The van der Waals surface area contributed by atoms with Crippen LogP contribution in [0.5, 0.6) is 11.5 Å². The molecule has 0 fully saturated rings. The predicted octanol–water partition coefficient (Wildman–Crippen LogP) is 3.43. The van der Waals surface area contributed by atoms with Gasteiger partial charge in [0.1, 0.15) is 18.6 Å². The highest BCUT2D eigenvalue weighted by Crippen LogP contribution is 2.25. The highest BCUT2D eigenvalue weighted by Gasteiger charge is 2.12. The summed E-state index contributed by atoms with van der Waals surface area (Å²) in [5.74, 6) is 1.78. The molecule has 0 heterocycles. The fraction of sp³-hybridized carbons (Fsp3) is 0.133. The lowest BCUT2D eigenvalue weighted by Crippen LogP contribution is -2.06. The Hall–Kier alpha value is -2.49. The number of hydrogen-bond donors (Lipinski definition) is 0. The Labute approximate surface area is 112 Å². The van der Waals surface area contributed by atoms with Crippen LogP contribution in [-0.2, 0) is 9.57 Å². The molecule has 0 atom stereocenters. The monoisotopic (exact) mass is 257 g/mol. The molecule has 0 radical (unpaired) electrons. The van der Waals surface area contributed by atoms with Crippen LogP contribution in [0.25, 0.3) is 0 Å². The Bertz CT molecular complexity index is 552. The van der Waals surface area contributed by atoms with E-state index < -0.39 is 0 Å². The molecule has 2 aromatic carbocycles. The van der Waals surface area contributed by atoms with E-state index in [-0.39, 0.29) is 0 Å². The lowest BCUT2D eigenvalue weighted by atomic mass is 10.2. The van der Waals surface area contributed by atoms with Gasteiger partial charge in [0.15, 0.2) is 0 Å². The van der Waals surface area contributed by atoms with Crippen molar-refractivity contribution >= 4 is 5.90 Å². The number of rotatable bonds is 4. The fourth-order valence-electron chi connectivity index (χ4n) is 1.63. The average Bonchev–Trinajstić information content (AvgIpc) is 2.47. The first-order valence-corrected chi connectivity index (χ1v) is 5.82. The molecule has 0 amide bonds. The van der Waals surface area contributed by atoms with Gasteiger partial charge in [0, 0.05) is 0 Å². The molecule has 0 unspecified atom stereocenters. The Kier molecular flexibility index (Phi) is 4.39. The van der Waals surface area contributed by atoms with Gasteiger partial charge in [0.25, 0.3) is 5.90 Å². The topological polar surface area (TPSA) is 40.0 Å². The summed E-state index contributed by atoms with van der Waals surface area (Å²) in [6.07, 6.45) is 0. The van der Waals surface area contributed by atoms with Crippen molar-refractivity contribution in [1.82, 2.24) is 0 Å². The summed E-state index contributed by atoms with van der Waals surface area (Å²) in [5, 5.41) is 3.83. The van der Waals surface area contributed by atoms with Gasteiger partial charge in [-0.3, -0.25) is 0 Å². The van der Waals surface area contributed by atoms with Crippen molar-refractivity contribution in [3.8, 4) is 11.5 Å². The highest BCUT2D eigenvalue weighted by atomic mass is 16.6. The van der Waals surface area contributed by atoms with E-state index in [1.54, 1.807) is 0 Å². The number of benzene rings is 2. The van der Waals surface area contributed by atoms with E-state index in [1.807, 2.05) is 54.6 Å². The minimum Gasteiger partial charge on any atom is -0.478 e. The third-order valence-corrected chi connectivity index (χ3v) is 2.46. The smallest absolute Gasteiger partial charge is 0.261 e. The molecule has 0 aliphatic rings. The summed E-state index contributed by atoms with van der Waals surface area (Å²) < 4.78 is 11.0. The summed E-state index contributed by atoms with van der Waals surface area (Å²) in [7, 11) is 3.01. The van der Waals surface area contributed by atoms with Gasteiger partial charge < -0.3 is 14.3 Å². The maximum absolute atomic E-state index is 5.82. The van der Waals surface area contributed by atoms with Gasteiger partial charge in [0.05, 0.1) is 12.7 Å². The van der Waals surface area contributed by atoms with Gasteiger partial charge in [-0.2, -0.15) is 0 Å². The Morgan fingerprint density at radius 1 is 0.895 bits per heavy atom. The van der Waals surface area contributed by atoms with Crippen molar-refractivity contribution in [3.05, 3.63) is 60.2 Å². The molecule has 2 rings (SSSR count). The largest absolute Gasteiger partial charge is 0.478 e. The zero-order valence-electron chi connectivity index (χ0n) is 10.9. The van der Waals surface area contributed by atoms with Crippen LogP contribution in [0.2, 0.25) is 0 Å². The Balaban J connectivity index is 2.33. The molecular formula is C15H15NO3. The van der Waals surface area contributed by atoms with Crippen LogP contribution in [-0.4, -0.2) is 20.1 Å². The molecule has 0 saturated carbocycles. The number of ether oxygens (including phenoxy) is 2. The number of methoxy groups -OCH3 is 1. The Morgan fingerprint density at radius 3 is 2.26 bits per heavy atom. The van der Waals surface area contributed by atoms with Crippen LogP contribution in [0.3, 0.4) is 0 Å². The number of para-hydroxylation sites is 2. The molecular weight excluding hydrogens is 242 g/mol. The molecule has 0 aliphatic heterocycles. The lowest BCUT2D eigenvalue weighted by molar-refractivity contribution is 0.199. The minimum atomic E-state index is 0.369. The normalized spacial score (nSPS) is 10.9. The van der Waals surface area contributed by atoms with E-state index in [4.69, 9.17) is 14.3 Å². The molecule has 0 spiro atoms. The third-order valence-electron chi connectivity index (χ3n) is 2.46. The average molecular weight is 257 g/mol. The molecule has 2 aromatic rings. The molecule has 0 saturated heterocycles. The standard InChI is InChI=1S/C15H15NO3/c1-17-15(16-18-2)13-10-6-7-11-14(13)19-12-8-4-3-5-9-12/h3-11H,1-2H3/b16-15-. The van der Waals surface area contributed by atoms with Gasteiger partial charge in [-0.05, 0) is 29.4 Å². The second-order valence-corrected chi connectivity index (χ2v) is 3.69. The van der Waals surface area contributed by atoms with Gasteiger partial charge in [-0.15, -0.1) is 0 Å². The van der Waals surface area contributed by atoms with Crippen LogP contribution in [0.1, 0.15) is 5.56 Å². The summed E-state index contributed by atoms with van der Waals surface area (Å²) in [6, 6.07) is 17.0. The van der Waals surface area contributed by atoms with Gasteiger partial charge in [-0.25, -0.2) is 0 Å². The molecule has 4 nitrogen and oxygen atoms in total. The predicted molar refractivity (Wildman–Crippen MR) is 73.5 cm³/mol. The molecule has 0 aromatic heterocycles. The molecule has 0 N–H and O–H groups in total. The van der Waals surface area contributed by atoms with Crippen LogP contribution < -0.4 is 4.74 Å². The lowest BCUT2D eigenvalue weighted by Gasteiger charge is -2.11. The molecule has 0 aliphatic carbocycles. The summed E-state index contributed by atoms with van der Waals surface area (Å²) >= 11 is 0. The van der Waals surface area contributed by atoms with Crippen molar-refractivity contribution in [2.24, 2.45) is 5.16 Å². The third kappa shape index (κ3) is 3.25. The second-order valence-electron chi connectivity index (χ2n) is 3.69. The van der Waals surface area contributed by atoms with E-state index >= 15 is 0 Å². The number of hydrogen-bond acceptors (Lipinski definition) is 4. The van der Waals surface area contributed by atoms with Crippen LogP contribution in [0.4, 0.5) is 0 Å². The summed E-state index contributed by atoms with van der Waals surface area (Å²) in [4.78, 5) is 4.76. The zero-order valence-corrected chi connectivity index (χ0v) is 10.9. The fourth-order valence-corrected chi connectivity index (χ4v) is 1.63. The second kappa shape index (κ2) is 6.44. The van der Waals surface area contributed by atoms with Gasteiger partial charge in [-0.1, -0.05) is 30.3 Å². The van der Waals surface area contributed by atoms with E-state index in [0.717, 1.165) is 11.3 Å². The van der Waals surface area contributed by atoms with E-state index in [2.05, 4.69) is 5.16 Å².